The van der Waals surface area contributed by atoms with Crippen LogP contribution in [0.25, 0.3) is 10.8 Å². The second-order valence-electron chi connectivity index (χ2n) is 20.4. The minimum atomic E-state index is -4.61. The van der Waals surface area contributed by atoms with E-state index in [0.29, 0.717) is 63.7 Å². The number of hydrogen-bond donors (Lipinski definition) is 1. The fraction of sp³-hybridized carbons (Fsp3) is 0.364. The van der Waals surface area contributed by atoms with Crippen molar-refractivity contribution in [2.45, 2.75) is 107 Å². The quantitative estimate of drug-likeness (QED) is 0.0295. The zero-order chi connectivity index (χ0) is 60.8. The van der Waals surface area contributed by atoms with Crippen molar-refractivity contribution in [1.29, 1.82) is 0 Å². The van der Waals surface area contributed by atoms with E-state index in [4.69, 9.17) is 32.1 Å². The highest BCUT2D eigenvalue weighted by Gasteiger charge is 2.45. The van der Waals surface area contributed by atoms with Crippen LogP contribution in [0.3, 0.4) is 0 Å². The summed E-state index contributed by atoms with van der Waals surface area (Å²) in [4.78, 5) is 109. The van der Waals surface area contributed by atoms with Gasteiger partial charge in [0.25, 0.3) is 39.7 Å². The molecular formula is C55H58N6O19S3. The Balaban J connectivity index is 0.00000240. The van der Waals surface area contributed by atoms with Gasteiger partial charge >= 0.3 is 28.4 Å². The van der Waals surface area contributed by atoms with Crippen LogP contribution >= 0.6 is 0 Å². The average Bonchev–Trinajstić information content (AvgIpc) is 2.69. The number of fused-ring (bicyclic) bond motifs is 4. The molecule has 1 unspecified atom stereocenters. The summed E-state index contributed by atoms with van der Waals surface area (Å²) in [5, 5.41) is 2.97. The van der Waals surface area contributed by atoms with Crippen molar-refractivity contribution in [2.24, 2.45) is 4.99 Å². The molecule has 2 fully saturated rings. The van der Waals surface area contributed by atoms with E-state index in [1.54, 1.807) is 59.2 Å². The number of rotatable bonds is 21. The zero-order valence-electron chi connectivity index (χ0n) is 45.6. The number of imide groups is 2. The highest BCUT2D eigenvalue weighted by Crippen LogP contribution is 2.52. The maximum Gasteiger partial charge on any atom is 0.425 e. The molecule has 83 heavy (non-hydrogen) atoms. The van der Waals surface area contributed by atoms with Crippen molar-refractivity contribution < 1.29 is 91.2 Å². The van der Waals surface area contributed by atoms with Crippen LogP contribution in [-0.4, -0.2) is 127 Å². The summed E-state index contributed by atoms with van der Waals surface area (Å²) in [6.07, 6.45) is 12.2. The Morgan fingerprint density at radius 3 is 2.05 bits per heavy atom. The van der Waals surface area contributed by atoms with Gasteiger partial charge in [-0.15, -0.1) is 22.8 Å². The Hall–Kier alpha value is -8.15. The van der Waals surface area contributed by atoms with Gasteiger partial charge in [0.15, 0.2) is 5.71 Å². The van der Waals surface area contributed by atoms with Crippen molar-refractivity contribution >= 4 is 100 Å². The second-order valence-corrected chi connectivity index (χ2v) is 23.7. The lowest BCUT2D eigenvalue weighted by molar-refractivity contribution is -0.684. The van der Waals surface area contributed by atoms with Crippen LogP contribution < -0.4 is 9.47 Å². The van der Waals surface area contributed by atoms with Crippen molar-refractivity contribution in [2.75, 3.05) is 31.4 Å². The first-order valence-corrected chi connectivity index (χ1v) is 29.9. The third-order valence-electron chi connectivity index (χ3n) is 14.3. The number of aromatic nitrogens is 1. The van der Waals surface area contributed by atoms with Crippen molar-refractivity contribution in [3.8, 4) is 0 Å². The first kappa shape index (κ1) is 62.5. The number of likely N-dealkylation sites (N-methyl/N-ethyl adjacent to an activating group) is 1. The molecule has 1 aromatic heterocycles. The summed E-state index contributed by atoms with van der Waals surface area (Å²) in [6.45, 7) is 6.00. The summed E-state index contributed by atoms with van der Waals surface area (Å²) in [5.41, 5.74) is 3.04. The minimum absolute atomic E-state index is 0.00659. The summed E-state index contributed by atoms with van der Waals surface area (Å²) in [7, 11) is -8.94. The van der Waals surface area contributed by atoms with Crippen LogP contribution in [0.4, 0.5) is 11.5 Å². The van der Waals surface area contributed by atoms with Crippen LogP contribution in [0, 0.1) is 0 Å². The molecule has 4 aliphatic rings. The van der Waals surface area contributed by atoms with Crippen LogP contribution in [0.2, 0.25) is 0 Å². The van der Waals surface area contributed by atoms with E-state index in [9.17, 15) is 59.5 Å². The number of nitrogens with zero attached hydrogens (tertiary/aromatic N) is 6. The van der Waals surface area contributed by atoms with Gasteiger partial charge in [0.1, 0.15) is 11.1 Å². The van der Waals surface area contributed by atoms with Crippen molar-refractivity contribution in [1.82, 2.24) is 15.2 Å². The van der Waals surface area contributed by atoms with E-state index in [1.165, 1.54) is 31.4 Å². The number of unbranched alkanes of at least 4 members (excludes halogenated alkanes) is 2. The Bertz CT molecular complexity index is 3770. The number of aryl methyl sites for hydroxylation is 1. The monoisotopic (exact) mass is 1200 g/mol. The molecule has 4 aliphatic heterocycles. The Kier molecular flexibility index (Phi) is 19.2. The van der Waals surface area contributed by atoms with E-state index in [1.807, 2.05) is 50.9 Å². The van der Waals surface area contributed by atoms with E-state index >= 15 is 0 Å². The normalized spacial score (nSPS) is 18.0. The predicted octanol–water partition coefficient (Wildman–Crippen LogP) is 4.71. The molecule has 25 nitrogen and oxygen atoms in total. The number of anilines is 1. The third kappa shape index (κ3) is 14.6. The molecule has 0 aliphatic carbocycles. The molecule has 2 saturated heterocycles. The molecule has 0 radical (unpaired) electrons. The molecule has 0 spiro atoms. The summed E-state index contributed by atoms with van der Waals surface area (Å²) in [6, 6.07) is 16.3. The third-order valence-corrected chi connectivity index (χ3v) is 16.0. The maximum atomic E-state index is 13.9. The molecule has 3 aromatic carbocycles. The van der Waals surface area contributed by atoms with Crippen LogP contribution in [0.15, 0.2) is 113 Å². The van der Waals surface area contributed by atoms with Crippen LogP contribution in [-0.2, 0) is 93.1 Å². The number of allylic oxidation sites excluding steroid dienone is 6. The van der Waals surface area contributed by atoms with Crippen LogP contribution in [0.1, 0.15) is 116 Å². The highest BCUT2D eigenvalue weighted by molar-refractivity contribution is 7.86. The Morgan fingerprint density at radius 2 is 1.43 bits per heavy atom. The number of carbonyl (C=O) groups is 7. The first-order valence-electron chi connectivity index (χ1n) is 25.9. The average molecular weight is 1200 g/mol. The van der Waals surface area contributed by atoms with Crippen molar-refractivity contribution in [3.63, 3.8) is 0 Å². The summed E-state index contributed by atoms with van der Waals surface area (Å²) >= 11 is 0. The first-order chi connectivity index (χ1) is 39.0. The minimum Gasteiger partial charge on any atom is -0.748 e. The molecule has 0 bridgehead atoms. The smallest absolute Gasteiger partial charge is 0.425 e. The van der Waals surface area contributed by atoms with Gasteiger partial charge < -0.3 is 19.1 Å². The molecule has 4 aromatic rings. The number of benzene rings is 3. The molecule has 28 heteroatoms. The van der Waals surface area contributed by atoms with Gasteiger partial charge in [-0.05, 0) is 110 Å². The topological polar surface area (TPSA) is 339 Å². The molecule has 0 saturated carbocycles. The highest BCUT2D eigenvalue weighted by atomic mass is 32.2. The van der Waals surface area contributed by atoms with Gasteiger partial charge in [0.05, 0.1) is 45.4 Å². The van der Waals surface area contributed by atoms with Gasteiger partial charge in [0, 0.05) is 74.1 Å². The second kappa shape index (κ2) is 25.6. The van der Waals surface area contributed by atoms with Gasteiger partial charge in [-0.25, -0.2) is 27.6 Å². The van der Waals surface area contributed by atoms with E-state index in [2.05, 4.69) is 0 Å². The van der Waals surface area contributed by atoms with Crippen molar-refractivity contribution in [3.05, 3.63) is 131 Å². The van der Waals surface area contributed by atoms with Gasteiger partial charge in [-0.3, -0.25) is 33.4 Å². The molecule has 5 amide bonds. The number of hydroxylamine groups is 6. The Morgan fingerprint density at radius 1 is 0.807 bits per heavy atom. The molecular weight excluding hydrogens is 1140 g/mol. The number of carbonyl (C=O) groups excluding carboxylic acids is 7. The molecule has 1 N–H and O–H groups in total. The van der Waals surface area contributed by atoms with E-state index < -0.39 is 88.9 Å². The van der Waals surface area contributed by atoms with Crippen LogP contribution in [0.5, 0.6) is 0 Å². The van der Waals surface area contributed by atoms with E-state index in [-0.39, 0.29) is 67.7 Å². The van der Waals surface area contributed by atoms with Gasteiger partial charge in [0.2, 0.25) is 0 Å². The lowest BCUT2D eigenvalue weighted by Crippen LogP contribution is -2.39. The number of amides is 5. The fourth-order valence-electron chi connectivity index (χ4n) is 10.2. The predicted molar refractivity (Wildman–Crippen MR) is 292 cm³/mol. The largest absolute Gasteiger partial charge is 0.748 e. The standard InChI is InChI=1S/C55H58N6O16S2.O3S/c1-54(2)40-32-37(52(67)58(5)75-30-11-7-10-18-49(66)76-60-45(62)25-26-46(60)63)34-59(29-13-31-78(69,70)71)51(40)56-43(54)16-8-6-9-17-44-55(3,33-35-19-21-36(22-20-35)53(68)77-61-47(64)27-28-48(61)65)50-39-14-12-15-42(79(72,73)74)38(39)23-24-41(50)57(44)4;1-4(2)3/h6,8-9,12,14-17,19-24,32,34H,7,10-11,13,18,25-31,33H2,1-5H3,(H-,69,70,71,72,73,74);. The SMILES string of the molecule is CN(OCCCCCC(=O)ON1C(=O)CCC1=O)C(=O)c1cc2c([n+](CCCS(=O)(=O)[O-])c1)N=C(/C=C/C=C/C=C1/N(C)c3ccc4c(S(=O)(=O)O)cccc4c3C1(C)Cc1ccc(C(=O)ON3C(=O)CCC3=O)cc1)C2(C)C.O=S(=O)=O. The number of pyridine rings is 1. The maximum absolute atomic E-state index is 13.9. The molecule has 440 valence electrons. The van der Waals surface area contributed by atoms with Gasteiger partial charge in [-0.1, -0.05) is 55.0 Å². The summed E-state index contributed by atoms with van der Waals surface area (Å²) in [5.74, 6) is -4.63. The molecule has 1 atom stereocenters. The van der Waals surface area contributed by atoms with E-state index in [0.717, 1.165) is 27.6 Å². The lowest BCUT2D eigenvalue weighted by atomic mass is 9.74. The number of hydrogen-bond acceptors (Lipinski definition) is 20. The Labute approximate surface area is 478 Å². The zero-order valence-corrected chi connectivity index (χ0v) is 48.1. The lowest BCUT2D eigenvalue weighted by Gasteiger charge is -2.29. The summed E-state index contributed by atoms with van der Waals surface area (Å²) < 4.78 is 97.2. The molecule has 8 rings (SSSR count). The number of aliphatic imine (C=N–C) groups is 1. The fourth-order valence-corrected chi connectivity index (χ4v) is 11.4. The molecule has 5 heterocycles. The van der Waals surface area contributed by atoms with Gasteiger partial charge in [-0.2, -0.15) is 8.42 Å².